The lowest BCUT2D eigenvalue weighted by molar-refractivity contribution is 0.350. The van der Waals surface area contributed by atoms with Crippen LogP contribution in [0.15, 0.2) is 35.5 Å². The predicted molar refractivity (Wildman–Crippen MR) is 74.5 cm³/mol. The number of hydrogen-bond donors (Lipinski definition) is 3. The number of anilines is 1. The van der Waals surface area contributed by atoms with Crippen LogP contribution >= 0.6 is 0 Å². The van der Waals surface area contributed by atoms with Crippen LogP contribution in [0, 0.1) is 18.8 Å². The average molecular weight is 291 g/mol. The fraction of sp³-hybridized carbons (Fsp3) is 0.154. The molecule has 104 valence electrons. The number of imidazole rings is 1. The van der Waals surface area contributed by atoms with Crippen LogP contribution in [-0.4, -0.2) is 30.1 Å². The van der Waals surface area contributed by atoms with Crippen LogP contribution in [-0.2, 0) is 10.0 Å². The number of hydrogen-bond acceptors (Lipinski definition) is 4. The van der Waals surface area contributed by atoms with E-state index in [0.29, 0.717) is 17.1 Å². The molecule has 0 bridgehead atoms. The van der Waals surface area contributed by atoms with Crippen LogP contribution in [0.1, 0.15) is 11.4 Å². The highest BCUT2D eigenvalue weighted by Crippen LogP contribution is 2.15. The van der Waals surface area contributed by atoms with Gasteiger partial charge >= 0.3 is 0 Å². The van der Waals surface area contributed by atoms with Crippen molar-refractivity contribution in [2.45, 2.75) is 11.9 Å². The molecule has 0 atom stereocenters. The van der Waals surface area contributed by atoms with Crippen molar-refractivity contribution in [1.29, 1.82) is 0 Å². The second kappa shape index (κ2) is 5.77. The van der Waals surface area contributed by atoms with Gasteiger partial charge in [0.25, 0.3) is 10.0 Å². The number of aromatic nitrogens is 2. The van der Waals surface area contributed by atoms with Gasteiger partial charge in [-0.15, -0.1) is 0 Å². The van der Waals surface area contributed by atoms with Gasteiger partial charge in [-0.1, -0.05) is 11.8 Å². The number of H-pyrrole nitrogens is 1. The number of aliphatic hydroxyl groups excluding tert-OH is 1. The molecule has 6 nitrogen and oxygen atoms in total. The van der Waals surface area contributed by atoms with Crippen molar-refractivity contribution >= 4 is 15.7 Å². The maximum absolute atomic E-state index is 12.0. The highest BCUT2D eigenvalue weighted by atomic mass is 32.2. The number of benzene rings is 1. The van der Waals surface area contributed by atoms with Crippen LogP contribution in [0.25, 0.3) is 0 Å². The Balaban J connectivity index is 2.17. The second-order valence-electron chi connectivity index (χ2n) is 3.98. The van der Waals surface area contributed by atoms with Gasteiger partial charge in [0.1, 0.15) is 12.4 Å². The molecule has 1 aromatic carbocycles. The number of nitrogens with one attached hydrogen (secondary N) is 2. The first-order valence-corrected chi connectivity index (χ1v) is 7.24. The van der Waals surface area contributed by atoms with Gasteiger partial charge in [-0.3, -0.25) is 4.72 Å². The molecule has 0 saturated carbocycles. The summed E-state index contributed by atoms with van der Waals surface area (Å²) in [4.78, 5) is 6.52. The van der Waals surface area contributed by atoms with E-state index in [1.165, 1.54) is 6.20 Å². The zero-order valence-electron chi connectivity index (χ0n) is 10.7. The van der Waals surface area contributed by atoms with Crippen LogP contribution in [0.3, 0.4) is 0 Å². The summed E-state index contributed by atoms with van der Waals surface area (Å²) >= 11 is 0. The van der Waals surface area contributed by atoms with E-state index in [4.69, 9.17) is 5.11 Å². The molecule has 2 aromatic rings. The van der Waals surface area contributed by atoms with Gasteiger partial charge in [-0.05, 0) is 31.2 Å². The lowest BCUT2D eigenvalue weighted by Gasteiger charge is -2.05. The lowest BCUT2D eigenvalue weighted by atomic mass is 10.2. The third-order valence-electron chi connectivity index (χ3n) is 2.42. The minimum atomic E-state index is -3.67. The zero-order chi connectivity index (χ0) is 14.6. The van der Waals surface area contributed by atoms with Gasteiger partial charge in [0, 0.05) is 11.3 Å². The molecule has 7 heteroatoms. The molecule has 2 rings (SSSR count). The third kappa shape index (κ3) is 3.38. The second-order valence-corrected chi connectivity index (χ2v) is 5.63. The molecule has 20 heavy (non-hydrogen) atoms. The summed E-state index contributed by atoms with van der Waals surface area (Å²) in [5.74, 6) is 5.77. The van der Waals surface area contributed by atoms with Crippen molar-refractivity contribution in [1.82, 2.24) is 9.97 Å². The minimum Gasteiger partial charge on any atom is -0.384 e. The van der Waals surface area contributed by atoms with Gasteiger partial charge in [0.15, 0.2) is 5.03 Å². The van der Waals surface area contributed by atoms with E-state index in [1.807, 2.05) is 0 Å². The van der Waals surface area contributed by atoms with Crippen molar-refractivity contribution in [2.24, 2.45) is 0 Å². The smallest absolute Gasteiger partial charge is 0.278 e. The number of aromatic amines is 1. The molecule has 0 amide bonds. The van der Waals surface area contributed by atoms with Crippen molar-refractivity contribution in [3.8, 4) is 11.8 Å². The maximum Gasteiger partial charge on any atom is 0.278 e. The molecule has 0 aliphatic carbocycles. The molecule has 0 aliphatic rings. The first-order chi connectivity index (χ1) is 9.51. The molecule has 1 heterocycles. The van der Waals surface area contributed by atoms with Crippen molar-refractivity contribution in [3.63, 3.8) is 0 Å². The Morgan fingerprint density at radius 1 is 1.35 bits per heavy atom. The van der Waals surface area contributed by atoms with E-state index >= 15 is 0 Å². The van der Waals surface area contributed by atoms with E-state index in [-0.39, 0.29) is 11.6 Å². The van der Waals surface area contributed by atoms with Crippen LogP contribution in [0.5, 0.6) is 0 Å². The highest BCUT2D eigenvalue weighted by Gasteiger charge is 2.16. The van der Waals surface area contributed by atoms with Crippen molar-refractivity contribution in [2.75, 3.05) is 11.3 Å². The van der Waals surface area contributed by atoms with Gasteiger partial charge in [-0.25, -0.2) is 4.98 Å². The number of rotatable bonds is 3. The lowest BCUT2D eigenvalue weighted by Crippen LogP contribution is -2.13. The summed E-state index contributed by atoms with van der Waals surface area (Å²) in [5, 5.41) is 8.60. The Bertz CT molecular complexity index is 752. The summed E-state index contributed by atoms with van der Waals surface area (Å²) < 4.78 is 26.5. The number of nitrogens with zero attached hydrogens (tertiary/aromatic N) is 1. The SMILES string of the molecule is Cc1ncc(S(=O)(=O)Nc2ccc(C#CCO)cc2)[nH]1. The fourth-order valence-corrected chi connectivity index (χ4v) is 2.54. The molecule has 0 spiro atoms. The van der Waals surface area contributed by atoms with E-state index in [0.717, 1.165) is 0 Å². The minimum absolute atomic E-state index is 0.0131. The van der Waals surface area contributed by atoms with E-state index in [9.17, 15) is 8.42 Å². The van der Waals surface area contributed by atoms with Crippen LogP contribution in [0.4, 0.5) is 5.69 Å². The standard InChI is InChI=1S/C13H13N3O3S/c1-10-14-9-13(15-10)20(18,19)16-12-6-4-11(5-7-12)3-2-8-17/h4-7,9,16-17H,8H2,1H3,(H,14,15). The fourth-order valence-electron chi connectivity index (χ4n) is 1.51. The molecule has 1 aromatic heterocycles. The maximum atomic E-state index is 12.0. The molecular formula is C13H13N3O3S. The summed E-state index contributed by atoms with van der Waals surface area (Å²) in [5.41, 5.74) is 1.12. The zero-order valence-corrected chi connectivity index (χ0v) is 11.5. The van der Waals surface area contributed by atoms with Gasteiger partial charge in [0.05, 0.1) is 6.20 Å². The monoisotopic (exact) mass is 291 g/mol. The van der Waals surface area contributed by atoms with E-state index in [1.54, 1.807) is 31.2 Å². The Kier molecular flexibility index (Phi) is 4.08. The molecule has 0 aliphatic heterocycles. The van der Waals surface area contributed by atoms with E-state index in [2.05, 4.69) is 26.5 Å². The Labute approximate surface area is 116 Å². The molecular weight excluding hydrogens is 278 g/mol. The normalized spacial score (nSPS) is 10.7. The highest BCUT2D eigenvalue weighted by molar-refractivity contribution is 7.92. The Morgan fingerprint density at radius 2 is 2.05 bits per heavy atom. The van der Waals surface area contributed by atoms with Gasteiger partial charge < -0.3 is 10.1 Å². The van der Waals surface area contributed by atoms with Gasteiger partial charge in [-0.2, -0.15) is 8.42 Å². The summed E-state index contributed by atoms with van der Waals surface area (Å²) in [7, 11) is -3.67. The van der Waals surface area contributed by atoms with Crippen LogP contribution < -0.4 is 4.72 Å². The molecule has 0 fully saturated rings. The summed E-state index contributed by atoms with van der Waals surface area (Å²) in [6, 6.07) is 6.53. The Hall–Kier alpha value is -2.30. The number of aliphatic hydroxyl groups is 1. The van der Waals surface area contributed by atoms with Crippen LogP contribution in [0.2, 0.25) is 0 Å². The quantitative estimate of drug-likeness (QED) is 0.731. The van der Waals surface area contributed by atoms with Gasteiger partial charge in [0.2, 0.25) is 0 Å². The molecule has 0 saturated heterocycles. The van der Waals surface area contributed by atoms with E-state index < -0.39 is 10.0 Å². The number of sulfonamides is 1. The molecule has 0 unspecified atom stereocenters. The third-order valence-corrected chi connectivity index (χ3v) is 3.71. The molecule has 0 radical (unpaired) electrons. The molecule has 3 N–H and O–H groups in total. The van der Waals surface area contributed by atoms with Crippen molar-refractivity contribution in [3.05, 3.63) is 41.9 Å². The predicted octanol–water partition coefficient (Wildman–Crippen LogP) is 0.863. The number of aryl methyl sites for hydroxylation is 1. The average Bonchev–Trinajstić information content (AvgIpc) is 2.85. The Morgan fingerprint density at radius 3 is 2.60 bits per heavy atom. The first-order valence-electron chi connectivity index (χ1n) is 5.75. The summed E-state index contributed by atoms with van der Waals surface area (Å²) in [6.07, 6.45) is 1.26. The summed E-state index contributed by atoms with van der Waals surface area (Å²) in [6.45, 7) is 1.46. The van der Waals surface area contributed by atoms with Crippen molar-refractivity contribution < 1.29 is 13.5 Å². The first kappa shape index (κ1) is 14.1. The largest absolute Gasteiger partial charge is 0.384 e. The topological polar surface area (TPSA) is 95.1 Å².